The monoisotopic (exact) mass is 344 g/mol. The molecule has 26 heavy (non-hydrogen) atoms. The van der Waals surface area contributed by atoms with E-state index in [-0.39, 0.29) is 6.54 Å². The Bertz CT molecular complexity index is 991. The smallest absolute Gasteiger partial charge is 0.339 e. The summed E-state index contributed by atoms with van der Waals surface area (Å²) in [5.74, 6) is 1.25. The maximum Gasteiger partial charge on any atom is 0.339 e. The third-order valence-electron chi connectivity index (χ3n) is 3.73. The summed E-state index contributed by atoms with van der Waals surface area (Å²) in [5, 5.41) is 3.12. The summed E-state index contributed by atoms with van der Waals surface area (Å²) >= 11 is 0. The lowest BCUT2D eigenvalue weighted by Crippen LogP contribution is -2.29. The average molecular weight is 344 g/mol. The number of rotatable bonds is 5. The summed E-state index contributed by atoms with van der Waals surface area (Å²) in [6.45, 7) is -0.301. The van der Waals surface area contributed by atoms with Crippen LogP contribution >= 0.6 is 0 Å². The molecule has 0 atom stereocenters. The molecule has 0 radical (unpaired) electrons. The second-order valence-electron chi connectivity index (χ2n) is 5.50. The molecule has 2 aromatic carbocycles. The Kier molecular flexibility index (Phi) is 5.25. The Morgan fingerprint density at radius 1 is 1.08 bits per heavy atom. The number of nitrogens with zero attached hydrogens (tertiary/aromatic N) is 1. The van der Waals surface area contributed by atoms with Gasteiger partial charge in [-0.05, 0) is 12.1 Å². The van der Waals surface area contributed by atoms with Gasteiger partial charge in [-0.2, -0.15) is 0 Å². The number of carbonyl (C=O) groups excluding carboxylic acids is 2. The van der Waals surface area contributed by atoms with E-state index in [1.54, 1.807) is 12.1 Å². The van der Waals surface area contributed by atoms with Gasteiger partial charge in [0.25, 0.3) is 5.91 Å². The summed E-state index contributed by atoms with van der Waals surface area (Å²) in [6.07, 6.45) is 5.08. The largest absolute Gasteiger partial charge is 0.452 e. The topological polar surface area (TPSA) is 68.3 Å². The van der Waals surface area contributed by atoms with Gasteiger partial charge in [0, 0.05) is 10.9 Å². The molecule has 1 heterocycles. The zero-order chi connectivity index (χ0) is 18.4. The van der Waals surface area contributed by atoms with Crippen LogP contribution in [0.25, 0.3) is 22.2 Å². The highest BCUT2D eigenvalue weighted by atomic mass is 16.5. The number of terminal acetylenes is 1. The summed E-state index contributed by atoms with van der Waals surface area (Å²) < 4.78 is 5.14. The summed E-state index contributed by atoms with van der Waals surface area (Å²) in [7, 11) is 0. The van der Waals surface area contributed by atoms with Crippen molar-refractivity contribution in [1.82, 2.24) is 10.3 Å². The van der Waals surface area contributed by atoms with Gasteiger partial charge in [-0.15, -0.1) is 6.42 Å². The van der Waals surface area contributed by atoms with Crippen LogP contribution in [0.4, 0.5) is 0 Å². The van der Waals surface area contributed by atoms with E-state index in [0.717, 1.165) is 5.56 Å². The number of aromatic nitrogens is 1. The van der Waals surface area contributed by atoms with Crippen LogP contribution in [0.15, 0.2) is 60.7 Å². The minimum Gasteiger partial charge on any atom is -0.452 e. The third-order valence-corrected chi connectivity index (χ3v) is 3.73. The van der Waals surface area contributed by atoms with Crippen LogP contribution in [0.1, 0.15) is 10.4 Å². The van der Waals surface area contributed by atoms with E-state index in [1.165, 1.54) is 0 Å². The Morgan fingerprint density at radius 2 is 1.81 bits per heavy atom. The predicted octanol–water partition coefficient (Wildman–Crippen LogP) is 2.81. The van der Waals surface area contributed by atoms with Crippen LogP contribution in [0.3, 0.4) is 0 Å². The quantitative estimate of drug-likeness (QED) is 0.571. The standard InChI is InChI=1S/C21H16N2O3/c1-2-12-22-20(24)14-26-21(25)17-13-19(15-8-4-3-5-9-15)23-18-11-7-6-10-16(17)18/h1,3-11,13H,12,14H2,(H,22,24). The van der Waals surface area contributed by atoms with Crippen molar-refractivity contribution in [3.05, 3.63) is 66.2 Å². The number of benzene rings is 2. The fourth-order valence-electron chi connectivity index (χ4n) is 2.51. The zero-order valence-corrected chi connectivity index (χ0v) is 13.9. The van der Waals surface area contributed by atoms with Crippen LogP contribution in [0.5, 0.6) is 0 Å². The van der Waals surface area contributed by atoms with Crippen LogP contribution in [-0.2, 0) is 9.53 Å². The lowest BCUT2D eigenvalue weighted by atomic mass is 10.0. The Labute approximate surface area is 151 Å². The maximum atomic E-state index is 12.6. The molecule has 0 saturated carbocycles. The van der Waals surface area contributed by atoms with Gasteiger partial charge >= 0.3 is 5.97 Å². The van der Waals surface area contributed by atoms with Gasteiger partial charge in [0.2, 0.25) is 0 Å². The van der Waals surface area contributed by atoms with Gasteiger partial charge in [0.15, 0.2) is 6.61 Å². The van der Waals surface area contributed by atoms with Crippen molar-refractivity contribution < 1.29 is 14.3 Å². The second-order valence-corrected chi connectivity index (χ2v) is 5.50. The highest BCUT2D eigenvalue weighted by Gasteiger charge is 2.16. The molecule has 5 heteroatoms. The van der Waals surface area contributed by atoms with Crippen molar-refractivity contribution in [3.63, 3.8) is 0 Å². The fourth-order valence-corrected chi connectivity index (χ4v) is 2.51. The minimum atomic E-state index is -0.586. The first kappa shape index (κ1) is 17.2. The molecule has 0 aliphatic carbocycles. The summed E-state index contributed by atoms with van der Waals surface area (Å²) in [4.78, 5) is 28.8. The third kappa shape index (κ3) is 3.87. The SMILES string of the molecule is C#CCNC(=O)COC(=O)c1cc(-c2ccccc2)nc2ccccc12. The van der Waals surface area contributed by atoms with Gasteiger partial charge in [-0.3, -0.25) is 4.79 Å². The molecule has 1 amide bonds. The van der Waals surface area contributed by atoms with Gasteiger partial charge in [-0.25, -0.2) is 9.78 Å². The van der Waals surface area contributed by atoms with Crippen molar-refractivity contribution in [3.8, 4) is 23.6 Å². The van der Waals surface area contributed by atoms with E-state index in [9.17, 15) is 9.59 Å². The number of ether oxygens (including phenoxy) is 1. The Hall–Kier alpha value is -3.65. The lowest BCUT2D eigenvalue weighted by molar-refractivity contribution is -0.123. The molecule has 3 aromatic rings. The molecular weight excluding hydrogens is 328 g/mol. The first-order valence-electron chi connectivity index (χ1n) is 8.01. The molecule has 5 nitrogen and oxygen atoms in total. The molecule has 0 unspecified atom stereocenters. The predicted molar refractivity (Wildman–Crippen MR) is 99.3 cm³/mol. The Morgan fingerprint density at radius 3 is 2.58 bits per heavy atom. The van der Waals surface area contributed by atoms with Crippen LogP contribution < -0.4 is 5.32 Å². The first-order valence-corrected chi connectivity index (χ1v) is 8.01. The number of fused-ring (bicyclic) bond motifs is 1. The minimum absolute atomic E-state index is 0.0900. The van der Waals surface area contributed by atoms with Crippen molar-refractivity contribution >= 4 is 22.8 Å². The molecule has 0 aliphatic rings. The van der Waals surface area contributed by atoms with Gasteiger partial charge < -0.3 is 10.1 Å². The molecule has 1 N–H and O–H groups in total. The molecular formula is C21H16N2O3. The molecule has 0 saturated heterocycles. The number of esters is 1. The van der Waals surface area contributed by atoms with Crippen molar-refractivity contribution in [2.45, 2.75) is 0 Å². The van der Waals surface area contributed by atoms with E-state index in [0.29, 0.717) is 22.2 Å². The average Bonchev–Trinajstić information content (AvgIpc) is 2.70. The van der Waals surface area contributed by atoms with Crippen LogP contribution in [0, 0.1) is 12.3 Å². The van der Waals surface area contributed by atoms with Crippen molar-refractivity contribution in [2.24, 2.45) is 0 Å². The number of pyridine rings is 1. The molecule has 1 aromatic heterocycles. The highest BCUT2D eigenvalue weighted by Crippen LogP contribution is 2.25. The number of nitrogens with one attached hydrogen (secondary N) is 1. The number of hydrogen-bond donors (Lipinski definition) is 1. The van der Waals surface area contributed by atoms with Crippen molar-refractivity contribution in [1.29, 1.82) is 0 Å². The van der Waals surface area contributed by atoms with Gasteiger partial charge in [0.1, 0.15) is 0 Å². The molecule has 0 spiro atoms. The van der Waals surface area contributed by atoms with E-state index in [4.69, 9.17) is 11.2 Å². The van der Waals surface area contributed by atoms with Crippen LogP contribution in [-0.4, -0.2) is 30.0 Å². The number of amides is 1. The lowest BCUT2D eigenvalue weighted by Gasteiger charge is -2.10. The fraction of sp³-hybridized carbons (Fsp3) is 0.0952. The molecule has 0 fully saturated rings. The van der Waals surface area contributed by atoms with Crippen molar-refractivity contribution in [2.75, 3.05) is 13.2 Å². The van der Waals surface area contributed by atoms with Gasteiger partial charge in [0.05, 0.1) is 23.3 Å². The molecule has 128 valence electrons. The molecule has 0 aliphatic heterocycles. The van der Waals surface area contributed by atoms with Gasteiger partial charge in [-0.1, -0.05) is 54.5 Å². The highest BCUT2D eigenvalue weighted by molar-refractivity contribution is 6.05. The number of para-hydroxylation sites is 1. The number of hydrogen-bond acceptors (Lipinski definition) is 4. The summed E-state index contributed by atoms with van der Waals surface area (Å²) in [5.41, 5.74) is 2.59. The molecule has 0 bridgehead atoms. The van der Waals surface area contributed by atoms with E-state index in [1.807, 2.05) is 48.5 Å². The summed E-state index contributed by atoms with van der Waals surface area (Å²) in [6, 6.07) is 18.5. The van der Waals surface area contributed by atoms with E-state index < -0.39 is 18.5 Å². The second kappa shape index (κ2) is 7.95. The zero-order valence-electron chi connectivity index (χ0n) is 13.9. The maximum absolute atomic E-state index is 12.6. The molecule has 3 rings (SSSR count). The number of carbonyl (C=O) groups is 2. The normalized spacial score (nSPS) is 10.1. The van der Waals surface area contributed by atoms with Crippen LogP contribution in [0.2, 0.25) is 0 Å². The van der Waals surface area contributed by atoms with E-state index >= 15 is 0 Å². The first-order chi connectivity index (χ1) is 12.7. The Balaban J connectivity index is 1.92. The van der Waals surface area contributed by atoms with E-state index in [2.05, 4.69) is 16.2 Å².